The molecule has 0 spiro atoms. The van der Waals surface area contributed by atoms with Gasteiger partial charge in [-0.1, -0.05) is 12.1 Å². The third-order valence-electron chi connectivity index (χ3n) is 2.75. The first-order valence-electron chi connectivity index (χ1n) is 5.92. The van der Waals surface area contributed by atoms with Crippen molar-refractivity contribution in [2.75, 3.05) is 6.61 Å². The minimum Gasteiger partial charge on any atom is -0.493 e. The summed E-state index contributed by atoms with van der Waals surface area (Å²) < 4.78 is 5.43. The molecule has 1 amide bonds. The number of carbonyl (C=O) groups is 1. The fourth-order valence-electron chi connectivity index (χ4n) is 1.92. The molecule has 1 aromatic carbocycles. The monoisotopic (exact) mass is 234 g/mol. The van der Waals surface area contributed by atoms with Crippen LogP contribution in [0, 0.1) is 0 Å². The van der Waals surface area contributed by atoms with Gasteiger partial charge in [0.1, 0.15) is 5.75 Å². The van der Waals surface area contributed by atoms with Crippen LogP contribution >= 0.6 is 0 Å². The van der Waals surface area contributed by atoms with Crippen molar-refractivity contribution in [1.29, 1.82) is 0 Å². The quantitative estimate of drug-likeness (QED) is 0.816. The summed E-state index contributed by atoms with van der Waals surface area (Å²) in [6, 6.07) is 5.95. The van der Waals surface area contributed by atoms with Crippen LogP contribution in [0.2, 0.25) is 0 Å². The van der Waals surface area contributed by atoms with E-state index in [9.17, 15) is 4.79 Å². The molecule has 2 rings (SSSR count). The SMILES string of the molecule is CC(N)CC(=O)NCc1ccc2c(c1)CCO2. The number of fused-ring (bicyclic) bond motifs is 1. The van der Waals surface area contributed by atoms with E-state index in [1.165, 1.54) is 5.56 Å². The van der Waals surface area contributed by atoms with Crippen molar-refractivity contribution in [2.24, 2.45) is 5.73 Å². The van der Waals surface area contributed by atoms with Gasteiger partial charge < -0.3 is 15.8 Å². The largest absolute Gasteiger partial charge is 0.493 e. The zero-order chi connectivity index (χ0) is 12.3. The van der Waals surface area contributed by atoms with Gasteiger partial charge in [-0.05, 0) is 24.1 Å². The first-order chi connectivity index (χ1) is 8.15. The Kier molecular flexibility index (Phi) is 3.64. The Morgan fingerprint density at radius 1 is 1.59 bits per heavy atom. The smallest absolute Gasteiger partial charge is 0.221 e. The Labute approximate surface area is 101 Å². The Morgan fingerprint density at radius 3 is 3.18 bits per heavy atom. The van der Waals surface area contributed by atoms with Crippen LogP contribution in [0.3, 0.4) is 0 Å². The van der Waals surface area contributed by atoms with Gasteiger partial charge in [-0.25, -0.2) is 0 Å². The average Bonchev–Trinajstić information content (AvgIpc) is 2.72. The number of benzene rings is 1. The lowest BCUT2D eigenvalue weighted by molar-refractivity contribution is -0.121. The first-order valence-corrected chi connectivity index (χ1v) is 5.92. The van der Waals surface area contributed by atoms with Gasteiger partial charge in [-0.15, -0.1) is 0 Å². The molecule has 3 N–H and O–H groups in total. The molecule has 1 aromatic rings. The molecule has 0 bridgehead atoms. The summed E-state index contributed by atoms with van der Waals surface area (Å²) in [6.45, 7) is 3.14. The summed E-state index contributed by atoms with van der Waals surface area (Å²) in [4.78, 5) is 11.4. The summed E-state index contributed by atoms with van der Waals surface area (Å²) in [5.41, 5.74) is 7.89. The zero-order valence-corrected chi connectivity index (χ0v) is 10.0. The number of nitrogens with two attached hydrogens (primary N) is 1. The van der Waals surface area contributed by atoms with Crippen molar-refractivity contribution in [3.63, 3.8) is 0 Å². The van der Waals surface area contributed by atoms with Gasteiger partial charge in [0.2, 0.25) is 5.91 Å². The van der Waals surface area contributed by atoms with Crippen molar-refractivity contribution in [2.45, 2.75) is 32.4 Å². The molecule has 1 heterocycles. The fraction of sp³-hybridized carbons (Fsp3) is 0.462. The van der Waals surface area contributed by atoms with Gasteiger partial charge >= 0.3 is 0 Å². The molecule has 4 nitrogen and oxygen atoms in total. The average molecular weight is 234 g/mol. The second-order valence-corrected chi connectivity index (χ2v) is 4.50. The molecular weight excluding hydrogens is 216 g/mol. The molecule has 17 heavy (non-hydrogen) atoms. The van der Waals surface area contributed by atoms with Crippen LogP contribution < -0.4 is 15.8 Å². The van der Waals surface area contributed by atoms with Gasteiger partial charge in [0.25, 0.3) is 0 Å². The van der Waals surface area contributed by atoms with Gasteiger partial charge in [-0.3, -0.25) is 4.79 Å². The molecule has 0 saturated carbocycles. The number of carbonyl (C=O) groups excluding carboxylic acids is 1. The number of hydrogen-bond acceptors (Lipinski definition) is 3. The van der Waals surface area contributed by atoms with Crippen LogP contribution in [0.5, 0.6) is 5.75 Å². The van der Waals surface area contributed by atoms with E-state index in [0.29, 0.717) is 13.0 Å². The van der Waals surface area contributed by atoms with E-state index in [-0.39, 0.29) is 11.9 Å². The van der Waals surface area contributed by atoms with Gasteiger partial charge in [0.15, 0.2) is 0 Å². The minimum absolute atomic E-state index is 0.00301. The van der Waals surface area contributed by atoms with E-state index >= 15 is 0 Å². The Hall–Kier alpha value is -1.55. The van der Waals surface area contributed by atoms with Crippen LogP contribution in [0.4, 0.5) is 0 Å². The van der Waals surface area contributed by atoms with Crippen LogP contribution in [0.25, 0.3) is 0 Å². The predicted octanol–water partition coefficient (Wildman–Crippen LogP) is 0.975. The molecule has 92 valence electrons. The highest BCUT2D eigenvalue weighted by atomic mass is 16.5. The maximum atomic E-state index is 11.4. The normalized spacial score (nSPS) is 14.9. The summed E-state index contributed by atoms with van der Waals surface area (Å²) in [6.07, 6.45) is 1.32. The van der Waals surface area contributed by atoms with E-state index in [0.717, 1.165) is 24.3 Å². The number of amides is 1. The predicted molar refractivity (Wildman–Crippen MR) is 65.8 cm³/mol. The lowest BCUT2D eigenvalue weighted by atomic mass is 10.1. The van der Waals surface area contributed by atoms with Crippen LogP contribution in [-0.2, 0) is 17.8 Å². The standard InChI is InChI=1S/C13H18N2O2/c1-9(14)6-13(16)15-8-10-2-3-12-11(7-10)4-5-17-12/h2-3,7,9H,4-6,8,14H2,1H3,(H,15,16). The minimum atomic E-state index is -0.0941. The summed E-state index contributed by atoms with van der Waals surface area (Å²) in [7, 11) is 0. The maximum absolute atomic E-state index is 11.4. The van der Waals surface area contributed by atoms with Crippen LogP contribution in [-0.4, -0.2) is 18.6 Å². The fourth-order valence-corrected chi connectivity index (χ4v) is 1.92. The van der Waals surface area contributed by atoms with E-state index in [4.69, 9.17) is 10.5 Å². The summed E-state index contributed by atoms with van der Waals surface area (Å²) in [5, 5.41) is 2.86. The third-order valence-corrected chi connectivity index (χ3v) is 2.75. The number of ether oxygens (including phenoxy) is 1. The molecule has 0 fully saturated rings. The summed E-state index contributed by atoms with van der Waals surface area (Å²) >= 11 is 0. The molecule has 4 heteroatoms. The molecule has 1 aliphatic heterocycles. The summed E-state index contributed by atoms with van der Waals surface area (Å²) in [5.74, 6) is 0.965. The van der Waals surface area contributed by atoms with Crippen molar-refractivity contribution in [3.05, 3.63) is 29.3 Å². The van der Waals surface area contributed by atoms with Crippen molar-refractivity contribution >= 4 is 5.91 Å². The number of rotatable bonds is 4. The molecule has 0 aliphatic carbocycles. The second kappa shape index (κ2) is 5.19. The van der Waals surface area contributed by atoms with Gasteiger partial charge in [0.05, 0.1) is 6.61 Å². The molecule has 0 radical (unpaired) electrons. The van der Waals surface area contributed by atoms with Gasteiger partial charge in [0, 0.05) is 25.4 Å². The molecule has 0 saturated heterocycles. The van der Waals surface area contributed by atoms with Gasteiger partial charge in [-0.2, -0.15) is 0 Å². The van der Waals surface area contributed by atoms with E-state index in [2.05, 4.69) is 11.4 Å². The van der Waals surface area contributed by atoms with E-state index in [1.54, 1.807) is 0 Å². The maximum Gasteiger partial charge on any atom is 0.221 e. The highest BCUT2D eigenvalue weighted by molar-refractivity contribution is 5.76. The molecule has 0 aromatic heterocycles. The highest BCUT2D eigenvalue weighted by Gasteiger charge is 2.12. The number of nitrogens with one attached hydrogen (secondary N) is 1. The Balaban J connectivity index is 1.89. The van der Waals surface area contributed by atoms with E-state index < -0.39 is 0 Å². The highest BCUT2D eigenvalue weighted by Crippen LogP contribution is 2.25. The lowest BCUT2D eigenvalue weighted by Gasteiger charge is -2.08. The lowest BCUT2D eigenvalue weighted by Crippen LogP contribution is -2.29. The topological polar surface area (TPSA) is 64.4 Å². The van der Waals surface area contributed by atoms with Crippen molar-refractivity contribution < 1.29 is 9.53 Å². The molecule has 1 unspecified atom stereocenters. The molecular formula is C13H18N2O2. The molecule has 1 atom stereocenters. The first kappa shape index (κ1) is 11.9. The second-order valence-electron chi connectivity index (χ2n) is 4.50. The van der Waals surface area contributed by atoms with Crippen LogP contribution in [0.1, 0.15) is 24.5 Å². The van der Waals surface area contributed by atoms with Crippen molar-refractivity contribution in [1.82, 2.24) is 5.32 Å². The van der Waals surface area contributed by atoms with Crippen molar-refractivity contribution in [3.8, 4) is 5.75 Å². The zero-order valence-electron chi connectivity index (χ0n) is 10.0. The van der Waals surface area contributed by atoms with E-state index in [1.807, 2.05) is 19.1 Å². The molecule has 1 aliphatic rings. The van der Waals surface area contributed by atoms with Crippen LogP contribution in [0.15, 0.2) is 18.2 Å². The Bertz CT molecular complexity index is 416. The number of hydrogen-bond donors (Lipinski definition) is 2. The Morgan fingerprint density at radius 2 is 2.41 bits per heavy atom. The third kappa shape index (κ3) is 3.20.